The van der Waals surface area contributed by atoms with Gasteiger partial charge in [-0.25, -0.2) is 0 Å². The number of hydrogen-bond acceptors (Lipinski definition) is 3. The number of nitrogens with zero attached hydrogens (tertiary/aromatic N) is 1. The molecule has 1 atom stereocenters. The lowest BCUT2D eigenvalue weighted by molar-refractivity contribution is -0.129. The van der Waals surface area contributed by atoms with E-state index in [1.165, 1.54) is 0 Å². The molecule has 4 heteroatoms. The van der Waals surface area contributed by atoms with Crippen LogP contribution in [0.4, 0.5) is 0 Å². The van der Waals surface area contributed by atoms with Crippen LogP contribution in [0.2, 0.25) is 0 Å². The average Bonchev–Trinajstić information content (AvgIpc) is 2.72. The average molecular weight is 271 g/mol. The van der Waals surface area contributed by atoms with Crippen molar-refractivity contribution in [2.24, 2.45) is 17.3 Å². The predicted molar refractivity (Wildman–Crippen MR) is 75.9 cm³/mol. The maximum atomic E-state index is 12.1. The van der Waals surface area contributed by atoms with E-state index in [1.54, 1.807) is 0 Å². The van der Waals surface area contributed by atoms with Gasteiger partial charge in [-0.3, -0.25) is 4.79 Å². The van der Waals surface area contributed by atoms with Crippen molar-refractivity contribution in [3.8, 4) is 0 Å². The molecule has 0 spiro atoms. The second-order valence-electron chi connectivity index (χ2n) is 6.25. The monoisotopic (exact) mass is 271 g/mol. The van der Waals surface area contributed by atoms with Crippen molar-refractivity contribution < 1.29 is 9.53 Å². The third kappa shape index (κ3) is 3.02. The summed E-state index contributed by atoms with van der Waals surface area (Å²) in [5.41, 5.74) is 0.183. The molecule has 0 bridgehead atoms. The van der Waals surface area contributed by atoms with Gasteiger partial charge in [-0.15, -0.1) is 0 Å². The minimum absolute atomic E-state index is 0.183. The van der Waals surface area contributed by atoms with Crippen LogP contribution in [-0.4, -0.2) is 42.9 Å². The van der Waals surface area contributed by atoms with Crippen molar-refractivity contribution in [2.45, 2.75) is 33.1 Å². The lowest BCUT2D eigenvalue weighted by Crippen LogP contribution is -2.43. The number of thiol groups is 1. The third-order valence-electron chi connectivity index (χ3n) is 4.60. The molecule has 0 saturated carbocycles. The number of amides is 1. The lowest BCUT2D eigenvalue weighted by Gasteiger charge is -2.39. The zero-order chi connectivity index (χ0) is 13.2. The van der Waals surface area contributed by atoms with Crippen LogP contribution in [0.5, 0.6) is 0 Å². The van der Waals surface area contributed by atoms with Crippen LogP contribution in [0.1, 0.15) is 33.1 Å². The Morgan fingerprint density at radius 2 is 2.11 bits per heavy atom. The topological polar surface area (TPSA) is 29.5 Å². The van der Waals surface area contributed by atoms with Gasteiger partial charge in [0, 0.05) is 38.1 Å². The largest absolute Gasteiger partial charge is 0.381 e. The fraction of sp³-hybridized carbons (Fsp3) is 0.929. The minimum Gasteiger partial charge on any atom is -0.381 e. The molecule has 0 aromatic rings. The maximum absolute atomic E-state index is 12.1. The van der Waals surface area contributed by atoms with Crippen LogP contribution in [0.25, 0.3) is 0 Å². The summed E-state index contributed by atoms with van der Waals surface area (Å²) in [5.74, 6) is 2.32. The summed E-state index contributed by atoms with van der Waals surface area (Å²) < 4.78 is 5.44. The zero-order valence-corrected chi connectivity index (χ0v) is 12.4. The van der Waals surface area contributed by atoms with Gasteiger partial charge in [-0.2, -0.15) is 12.6 Å². The molecule has 0 aliphatic carbocycles. The highest BCUT2D eigenvalue weighted by atomic mass is 32.1. The number of hydrogen-bond donors (Lipinski definition) is 1. The molecule has 0 N–H and O–H groups in total. The van der Waals surface area contributed by atoms with Crippen molar-refractivity contribution in [2.75, 3.05) is 32.1 Å². The van der Waals surface area contributed by atoms with Gasteiger partial charge in [0.25, 0.3) is 0 Å². The number of ether oxygens (including phenoxy) is 1. The van der Waals surface area contributed by atoms with E-state index in [-0.39, 0.29) is 5.41 Å². The Kier molecular flexibility index (Phi) is 4.59. The summed E-state index contributed by atoms with van der Waals surface area (Å²) in [6.07, 6.45) is 2.80. The SMILES string of the molecule is CC(C)C1CC(=O)N(CC2(CS)CCOCC2)C1. The molecule has 18 heavy (non-hydrogen) atoms. The molecule has 104 valence electrons. The molecule has 2 heterocycles. The maximum Gasteiger partial charge on any atom is 0.222 e. The highest BCUT2D eigenvalue weighted by Gasteiger charge is 2.38. The Labute approximate surface area is 116 Å². The Hall–Kier alpha value is -0.220. The molecule has 1 amide bonds. The van der Waals surface area contributed by atoms with E-state index in [1.807, 2.05) is 0 Å². The Morgan fingerprint density at radius 3 is 2.61 bits per heavy atom. The molecule has 2 saturated heterocycles. The van der Waals surface area contributed by atoms with Crippen molar-refractivity contribution in [1.29, 1.82) is 0 Å². The van der Waals surface area contributed by atoms with Gasteiger partial charge in [-0.05, 0) is 30.4 Å². The molecule has 2 aliphatic rings. The molecule has 2 fully saturated rings. The van der Waals surface area contributed by atoms with Crippen LogP contribution in [0, 0.1) is 17.3 Å². The number of rotatable bonds is 4. The van der Waals surface area contributed by atoms with Crippen molar-refractivity contribution in [3.05, 3.63) is 0 Å². The van der Waals surface area contributed by atoms with Crippen LogP contribution in [0.15, 0.2) is 0 Å². The third-order valence-corrected chi connectivity index (χ3v) is 5.27. The van der Waals surface area contributed by atoms with Crippen molar-refractivity contribution >= 4 is 18.5 Å². The van der Waals surface area contributed by atoms with Crippen LogP contribution in [-0.2, 0) is 9.53 Å². The van der Waals surface area contributed by atoms with E-state index >= 15 is 0 Å². The summed E-state index contributed by atoms with van der Waals surface area (Å²) in [5, 5.41) is 0. The van der Waals surface area contributed by atoms with Gasteiger partial charge in [0.2, 0.25) is 5.91 Å². The quantitative estimate of drug-likeness (QED) is 0.795. The highest BCUT2D eigenvalue weighted by Crippen LogP contribution is 2.35. The van der Waals surface area contributed by atoms with Gasteiger partial charge in [-0.1, -0.05) is 13.8 Å². The molecule has 2 aliphatic heterocycles. The minimum atomic E-state index is 0.183. The summed E-state index contributed by atoms with van der Waals surface area (Å²) in [7, 11) is 0. The molecule has 0 aromatic carbocycles. The van der Waals surface area contributed by atoms with Gasteiger partial charge < -0.3 is 9.64 Å². The van der Waals surface area contributed by atoms with Gasteiger partial charge in [0.15, 0.2) is 0 Å². The van der Waals surface area contributed by atoms with Gasteiger partial charge >= 0.3 is 0 Å². The molecule has 1 unspecified atom stereocenters. The summed E-state index contributed by atoms with van der Waals surface area (Å²) in [4.78, 5) is 14.2. The van der Waals surface area contributed by atoms with E-state index in [2.05, 4.69) is 31.4 Å². The summed E-state index contributed by atoms with van der Waals surface area (Å²) in [6, 6.07) is 0. The highest BCUT2D eigenvalue weighted by molar-refractivity contribution is 7.80. The first-order valence-corrected chi connectivity index (χ1v) is 7.66. The number of carbonyl (C=O) groups is 1. The Morgan fingerprint density at radius 1 is 1.44 bits per heavy atom. The second kappa shape index (κ2) is 5.83. The molecule has 0 radical (unpaired) electrons. The van der Waals surface area contributed by atoms with Crippen molar-refractivity contribution in [1.82, 2.24) is 4.90 Å². The van der Waals surface area contributed by atoms with Crippen LogP contribution in [0.3, 0.4) is 0 Å². The van der Waals surface area contributed by atoms with E-state index < -0.39 is 0 Å². The molecule has 2 rings (SSSR count). The first kappa shape index (κ1) is 14.2. The predicted octanol–water partition coefficient (Wildman–Crippen LogP) is 2.22. The number of likely N-dealkylation sites (tertiary alicyclic amines) is 1. The molecular weight excluding hydrogens is 246 g/mol. The Bertz CT molecular complexity index is 300. The summed E-state index contributed by atoms with van der Waals surface area (Å²) >= 11 is 4.52. The lowest BCUT2D eigenvalue weighted by atomic mass is 9.81. The van der Waals surface area contributed by atoms with Crippen LogP contribution < -0.4 is 0 Å². The standard InChI is InChI=1S/C14H25NO2S/c1-11(2)12-7-13(16)15(8-12)9-14(10-18)3-5-17-6-4-14/h11-12,18H,3-10H2,1-2H3. The fourth-order valence-corrected chi connectivity index (χ4v) is 3.39. The fourth-order valence-electron chi connectivity index (χ4n) is 2.98. The molecule has 0 aromatic heterocycles. The van der Waals surface area contributed by atoms with E-state index in [9.17, 15) is 4.79 Å². The number of carbonyl (C=O) groups excluding carboxylic acids is 1. The summed E-state index contributed by atoms with van der Waals surface area (Å²) in [6.45, 7) is 7.87. The van der Waals surface area contributed by atoms with E-state index in [0.717, 1.165) is 51.3 Å². The normalized spacial score (nSPS) is 28.1. The van der Waals surface area contributed by atoms with Crippen molar-refractivity contribution in [3.63, 3.8) is 0 Å². The molecule has 3 nitrogen and oxygen atoms in total. The van der Waals surface area contributed by atoms with Gasteiger partial charge in [0.1, 0.15) is 0 Å². The van der Waals surface area contributed by atoms with Crippen LogP contribution >= 0.6 is 12.6 Å². The Balaban J connectivity index is 1.97. The van der Waals surface area contributed by atoms with E-state index in [4.69, 9.17) is 4.74 Å². The first-order chi connectivity index (χ1) is 8.56. The second-order valence-corrected chi connectivity index (χ2v) is 6.57. The zero-order valence-electron chi connectivity index (χ0n) is 11.5. The van der Waals surface area contributed by atoms with Gasteiger partial charge in [0.05, 0.1) is 0 Å². The molecular formula is C14H25NO2S. The first-order valence-electron chi connectivity index (χ1n) is 7.03. The van der Waals surface area contributed by atoms with E-state index in [0.29, 0.717) is 17.7 Å². The smallest absolute Gasteiger partial charge is 0.222 e.